The summed E-state index contributed by atoms with van der Waals surface area (Å²) in [4.78, 5) is 10.9. The Kier molecular flexibility index (Phi) is 3.14. The lowest BCUT2D eigenvalue weighted by atomic mass is 10.2. The largest absolute Gasteiger partial charge is 0.489 e. The lowest BCUT2D eigenvalue weighted by molar-refractivity contribution is 0.0972. The fourth-order valence-corrected chi connectivity index (χ4v) is 1.46. The number of nitrogens with two attached hydrogens (primary N) is 1. The van der Waals surface area contributed by atoms with Crippen LogP contribution in [0.5, 0.6) is 5.75 Å². The Labute approximate surface area is 99.0 Å². The van der Waals surface area contributed by atoms with E-state index < -0.39 is 5.91 Å². The minimum Gasteiger partial charge on any atom is -0.489 e. The number of para-hydroxylation sites is 1. The van der Waals surface area contributed by atoms with Crippen LogP contribution in [-0.4, -0.2) is 5.91 Å². The number of rotatable bonds is 4. The molecular weight excluding hydrogens is 218 g/mol. The molecule has 2 rings (SSSR count). The van der Waals surface area contributed by atoms with Crippen molar-refractivity contribution in [2.24, 2.45) is 5.73 Å². The Morgan fingerprint density at radius 2 is 2.06 bits per heavy atom. The first-order valence-corrected chi connectivity index (χ1v) is 5.24. The van der Waals surface area contributed by atoms with Crippen LogP contribution in [0.25, 0.3) is 0 Å². The number of primary amides is 1. The SMILES string of the molecule is Cc1oc(C(N)=O)cc1COc1ccccc1. The lowest BCUT2D eigenvalue weighted by Crippen LogP contribution is -2.09. The topological polar surface area (TPSA) is 65.5 Å². The molecule has 0 bridgehead atoms. The second-order valence-electron chi connectivity index (χ2n) is 3.66. The van der Waals surface area contributed by atoms with Crippen molar-refractivity contribution in [1.29, 1.82) is 0 Å². The molecule has 0 saturated carbocycles. The van der Waals surface area contributed by atoms with Crippen molar-refractivity contribution in [2.45, 2.75) is 13.5 Å². The van der Waals surface area contributed by atoms with Crippen LogP contribution >= 0.6 is 0 Å². The summed E-state index contributed by atoms with van der Waals surface area (Å²) < 4.78 is 10.8. The van der Waals surface area contributed by atoms with E-state index in [-0.39, 0.29) is 5.76 Å². The maximum absolute atomic E-state index is 10.9. The van der Waals surface area contributed by atoms with Crippen LogP contribution < -0.4 is 10.5 Å². The van der Waals surface area contributed by atoms with Gasteiger partial charge in [-0.05, 0) is 25.1 Å². The average Bonchev–Trinajstić information content (AvgIpc) is 2.70. The highest BCUT2D eigenvalue weighted by molar-refractivity contribution is 5.90. The van der Waals surface area contributed by atoms with Gasteiger partial charge in [0, 0.05) is 5.56 Å². The molecule has 0 aliphatic heterocycles. The van der Waals surface area contributed by atoms with Gasteiger partial charge >= 0.3 is 0 Å². The van der Waals surface area contributed by atoms with E-state index in [1.54, 1.807) is 13.0 Å². The van der Waals surface area contributed by atoms with Crippen LogP contribution in [0.4, 0.5) is 0 Å². The molecule has 1 heterocycles. The van der Waals surface area contributed by atoms with Crippen molar-refractivity contribution in [1.82, 2.24) is 0 Å². The second-order valence-corrected chi connectivity index (χ2v) is 3.66. The van der Waals surface area contributed by atoms with E-state index in [2.05, 4.69) is 0 Å². The van der Waals surface area contributed by atoms with Crippen LogP contribution in [-0.2, 0) is 6.61 Å². The van der Waals surface area contributed by atoms with Gasteiger partial charge in [0.1, 0.15) is 18.1 Å². The van der Waals surface area contributed by atoms with Gasteiger partial charge in [-0.1, -0.05) is 18.2 Å². The molecule has 0 fully saturated rings. The first-order valence-electron chi connectivity index (χ1n) is 5.24. The van der Waals surface area contributed by atoms with Crippen LogP contribution in [0.1, 0.15) is 21.9 Å². The maximum atomic E-state index is 10.9. The molecule has 2 N–H and O–H groups in total. The first-order chi connectivity index (χ1) is 8.16. The molecule has 0 atom stereocenters. The van der Waals surface area contributed by atoms with Crippen LogP contribution in [0.2, 0.25) is 0 Å². The quantitative estimate of drug-likeness (QED) is 0.877. The Morgan fingerprint density at radius 3 is 2.65 bits per heavy atom. The summed E-state index contributed by atoms with van der Waals surface area (Å²) in [7, 11) is 0. The van der Waals surface area contributed by atoms with Gasteiger partial charge in [-0.2, -0.15) is 0 Å². The highest BCUT2D eigenvalue weighted by atomic mass is 16.5. The minimum absolute atomic E-state index is 0.161. The number of ether oxygens (including phenoxy) is 1. The predicted molar refractivity (Wildman–Crippen MR) is 62.7 cm³/mol. The van der Waals surface area contributed by atoms with Gasteiger partial charge < -0.3 is 14.9 Å². The molecule has 0 aliphatic carbocycles. The van der Waals surface area contributed by atoms with Crippen LogP contribution in [0.3, 0.4) is 0 Å². The second kappa shape index (κ2) is 4.74. The zero-order valence-corrected chi connectivity index (χ0v) is 9.47. The molecule has 4 heteroatoms. The number of amides is 1. The van der Waals surface area contributed by atoms with Gasteiger partial charge in [-0.15, -0.1) is 0 Å². The molecule has 0 spiro atoms. The molecular formula is C13H13NO3. The number of carbonyl (C=O) groups excluding carboxylic acids is 1. The van der Waals surface area contributed by atoms with Gasteiger partial charge in [-0.25, -0.2) is 0 Å². The molecule has 0 unspecified atom stereocenters. The number of aryl methyl sites for hydroxylation is 1. The van der Waals surface area contributed by atoms with Crippen molar-refractivity contribution in [3.63, 3.8) is 0 Å². The Hall–Kier alpha value is -2.23. The predicted octanol–water partition coefficient (Wildman–Crippen LogP) is 2.27. The van der Waals surface area contributed by atoms with Gasteiger partial charge in [0.15, 0.2) is 5.76 Å². The summed E-state index contributed by atoms with van der Waals surface area (Å²) in [5, 5.41) is 0. The van der Waals surface area contributed by atoms with Gasteiger partial charge in [0.05, 0.1) is 0 Å². The zero-order valence-electron chi connectivity index (χ0n) is 9.47. The summed E-state index contributed by atoms with van der Waals surface area (Å²) in [6.07, 6.45) is 0. The summed E-state index contributed by atoms with van der Waals surface area (Å²) in [5.41, 5.74) is 5.95. The first kappa shape index (κ1) is 11.3. The Bertz CT molecular complexity index is 517. The van der Waals surface area contributed by atoms with Crippen molar-refractivity contribution in [3.8, 4) is 5.75 Å². The number of benzene rings is 1. The summed E-state index contributed by atoms with van der Waals surface area (Å²) in [6.45, 7) is 2.13. The van der Waals surface area contributed by atoms with E-state index in [1.165, 1.54) is 0 Å². The van der Waals surface area contributed by atoms with Gasteiger partial charge in [0.25, 0.3) is 5.91 Å². The molecule has 4 nitrogen and oxygen atoms in total. The van der Waals surface area contributed by atoms with Gasteiger partial charge in [0.2, 0.25) is 0 Å². The van der Waals surface area contributed by atoms with Crippen molar-refractivity contribution < 1.29 is 13.9 Å². The fourth-order valence-electron chi connectivity index (χ4n) is 1.46. The van der Waals surface area contributed by atoms with E-state index in [9.17, 15) is 4.79 Å². The standard InChI is InChI=1S/C13H13NO3/c1-9-10(7-12(17-9)13(14)15)8-16-11-5-3-2-4-6-11/h2-7H,8H2,1H3,(H2,14,15). The Morgan fingerprint density at radius 1 is 1.35 bits per heavy atom. The molecule has 17 heavy (non-hydrogen) atoms. The smallest absolute Gasteiger partial charge is 0.284 e. The van der Waals surface area contributed by atoms with E-state index >= 15 is 0 Å². The molecule has 0 saturated heterocycles. The number of furan rings is 1. The third-order valence-corrected chi connectivity index (χ3v) is 2.40. The molecule has 0 radical (unpaired) electrons. The average molecular weight is 231 g/mol. The van der Waals surface area contributed by atoms with E-state index in [4.69, 9.17) is 14.9 Å². The van der Waals surface area contributed by atoms with Gasteiger partial charge in [-0.3, -0.25) is 4.79 Å². The van der Waals surface area contributed by atoms with E-state index in [0.717, 1.165) is 11.3 Å². The molecule has 1 aromatic heterocycles. The lowest BCUT2D eigenvalue weighted by Gasteiger charge is -2.04. The van der Waals surface area contributed by atoms with Crippen molar-refractivity contribution >= 4 is 5.91 Å². The van der Waals surface area contributed by atoms with Crippen LogP contribution in [0.15, 0.2) is 40.8 Å². The summed E-state index contributed by atoms with van der Waals surface area (Å²) in [6, 6.07) is 11.1. The Balaban J connectivity index is 2.07. The maximum Gasteiger partial charge on any atom is 0.284 e. The van der Waals surface area contributed by atoms with Crippen LogP contribution in [0, 0.1) is 6.92 Å². The highest BCUT2D eigenvalue weighted by Crippen LogP contribution is 2.17. The van der Waals surface area contributed by atoms with E-state index in [0.29, 0.717) is 12.4 Å². The number of carbonyl (C=O) groups is 1. The molecule has 88 valence electrons. The summed E-state index contributed by atoms with van der Waals surface area (Å²) in [5.74, 6) is 1.01. The van der Waals surface area contributed by atoms with Crippen molar-refractivity contribution in [3.05, 3.63) is 53.5 Å². The zero-order chi connectivity index (χ0) is 12.3. The monoisotopic (exact) mass is 231 g/mol. The molecule has 2 aromatic rings. The minimum atomic E-state index is -0.570. The van der Waals surface area contributed by atoms with E-state index in [1.807, 2.05) is 30.3 Å². The normalized spacial score (nSPS) is 10.2. The molecule has 1 amide bonds. The third-order valence-electron chi connectivity index (χ3n) is 2.40. The highest BCUT2D eigenvalue weighted by Gasteiger charge is 2.11. The van der Waals surface area contributed by atoms with Crippen molar-refractivity contribution in [2.75, 3.05) is 0 Å². The molecule has 0 aliphatic rings. The fraction of sp³-hybridized carbons (Fsp3) is 0.154. The number of hydrogen-bond acceptors (Lipinski definition) is 3. The summed E-state index contributed by atoms with van der Waals surface area (Å²) >= 11 is 0. The molecule has 1 aromatic carbocycles. The third kappa shape index (κ3) is 2.66. The number of hydrogen-bond donors (Lipinski definition) is 1.